The van der Waals surface area contributed by atoms with Crippen LogP contribution in [0.4, 0.5) is 0 Å². The Morgan fingerprint density at radius 3 is 2.46 bits per heavy atom. The molecule has 0 aliphatic rings. The predicted octanol–water partition coefficient (Wildman–Crippen LogP) is 4.06. The minimum atomic E-state index is 1.20. The summed E-state index contributed by atoms with van der Waals surface area (Å²) < 4.78 is 0. The molecule has 0 aliphatic heterocycles. The average molecular weight is 172 g/mol. The third-order valence-corrected chi connectivity index (χ3v) is 1.91. The Morgan fingerprint density at radius 2 is 1.92 bits per heavy atom. The molecular weight excluding hydrogens is 156 g/mol. The highest BCUT2D eigenvalue weighted by Gasteiger charge is 1.95. The van der Waals surface area contributed by atoms with E-state index in [9.17, 15) is 0 Å². The molecule has 0 heteroatoms. The Kier molecular flexibility index (Phi) is 3.07. The summed E-state index contributed by atoms with van der Waals surface area (Å²) in [5.41, 5.74) is 5.06. The summed E-state index contributed by atoms with van der Waals surface area (Å²) in [7, 11) is 0. The second-order valence-corrected chi connectivity index (χ2v) is 3.56. The van der Waals surface area contributed by atoms with Crippen LogP contribution in [0.15, 0.2) is 30.4 Å². The van der Waals surface area contributed by atoms with Crippen LogP contribution < -0.4 is 0 Å². The van der Waals surface area contributed by atoms with Crippen molar-refractivity contribution in [2.75, 3.05) is 0 Å². The van der Waals surface area contributed by atoms with Crippen LogP contribution in [0.2, 0.25) is 0 Å². The zero-order valence-electron chi connectivity index (χ0n) is 8.59. The Balaban J connectivity index is 3.23. The minimum absolute atomic E-state index is 1.20. The smallest absolute Gasteiger partial charge is 0.0182 e. The van der Waals surface area contributed by atoms with E-state index in [-0.39, 0.29) is 0 Å². The lowest BCUT2D eigenvalue weighted by atomic mass is 10.0. The fourth-order valence-electron chi connectivity index (χ4n) is 1.32. The van der Waals surface area contributed by atoms with Crippen molar-refractivity contribution in [3.8, 4) is 0 Å². The molecule has 0 amide bonds. The van der Waals surface area contributed by atoms with Gasteiger partial charge < -0.3 is 0 Å². The molecule has 1 aromatic rings. The highest BCUT2D eigenvalue weighted by atomic mass is 14.0. The molecule has 0 spiro atoms. The minimum Gasteiger partial charge on any atom is -0.0984 e. The molecule has 0 aromatic heterocycles. The van der Waals surface area contributed by atoms with E-state index in [1.54, 1.807) is 0 Å². The Labute approximate surface area is 80.6 Å². The van der Waals surface area contributed by atoms with E-state index in [0.29, 0.717) is 0 Å². The monoisotopic (exact) mass is 172 g/mol. The summed E-state index contributed by atoms with van der Waals surface area (Å²) >= 11 is 0. The van der Waals surface area contributed by atoms with E-state index in [1.807, 2.05) is 6.08 Å². The van der Waals surface area contributed by atoms with E-state index in [1.165, 1.54) is 22.3 Å². The Hall–Kier alpha value is -1.30. The van der Waals surface area contributed by atoms with Crippen LogP contribution in [0.25, 0.3) is 12.2 Å². The molecule has 0 aliphatic carbocycles. The fraction of sp³-hybridized carbons (Fsp3) is 0.231. The zero-order chi connectivity index (χ0) is 9.84. The second-order valence-electron chi connectivity index (χ2n) is 3.56. The van der Waals surface area contributed by atoms with Crippen LogP contribution in [0.3, 0.4) is 0 Å². The molecule has 0 nitrogen and oxygen atoms in total. The third kappa shape index (κ3) is 2.59. The van der Waals surface area contributed by atoms with E-state index in [4.69, 9.17) is 0 Å². The van der Waals surface area contributed by atoms with E-state index in [0.717, 1.165) is 0 Å². The summed E-state index contributed by atoms with van der Waals surface area (Å²) in [4.78, 5) is 0. The van der Waals surface area contributed by atoms with E-state index >= 15 is 0 Å². The van der Waals surface area contributed by atoms with Crippen molar-refractivity contribution in [2.24, 2.45) is 0 Å². The second kappa shape index (κ2) is 4.08. The van der Waals surface area contributed by atoms with Gasteiger partial charge in [-0.3, -0.25) is 0 Å². The van der Waals surface area contributed by atoms with Gasteiger partial charge in [0.1, 0.15) is 0 Å². The van der Waals surface area contributed by atoms with Gasteiger partial charge in [0, 0.05) is 0 Å². The average Bonchev–Trinajstić information content (AvgIpc) is 2.03. The fourth-order valence-corrected chi connectivity index (χ4v) is 1.32. The van der Waals surface area contributed by atoms with Gasteiger partial charge in [-0.2, -0.15) is 0 Å². The highest BCUT2D eigenvalue weighted by Crippen LogP contribution is 2.16. The van der Waals surface area contributed by atoms with Crippen molar-refractivity contribution in [2.45, 2.75) is 20.8 Å². The summed E-state index contributed by atoms with van der Waals surface area (Å²) in [6, 6.07) is 6.40. The van der Waals surface area contributed by atoms with Crippen LogP contribution in [-0.2, 0) is 0 Å². The molecule has 0 unspecified atom stereocenters. The first-order chi connectivity index (χ1) is 6.13. The molecule has 0 atom stereocenters. The van der Waals surface area contributed by atoms with Crippen molar-refractivity contribution in [3.63, 3.8) is 0 Å². The van der Waals surface area contributed by atoms with Gasteiger partial charge in [0.05, 0.1) is 0 Å². The van der Waals surface area contributed by atoms with Crippen molar-refractivity contribution < 1.29 is 0 Å². The maximum Gasteiger partial charge on any atom is -0.0182 e. The number of rotatable bonds is 2. The Morgan fingerprint density at radius 1 is 1.23 bits per heavy atom. The van der Waals surface area contributed by atoms with E-state index < -0.39 is 0 Å². The standard InChI is InChI=1S/C13H16/c1-5-12-7-6-11(4)9-13(12)8-10(2)3/h5-9H,1H2,2-4H3. The van der Waals surface area contributed by atoms with E-state index in [2.05, 4.69) is 51.6 Å². The molecule has 13 heavy (non-hydrogen) atoms. The molecule has 1 rings (SSSR count). The lowest BCUT2D eigenvalue weighted by Gasteiger charge is -2.03. The number of hydrogen-bond donors (Lipinski definition) is 0. The largest absolute Gasteiger partial charge is 0.0984 e. The molecule has 0 saturated carbocycles. The van der Waals surface area contributed by atoms with Crippen molar-refractivity contribution in [1.82, 2.24) is 0 Å². The molecule has 0 bridgehead atoms. The van der Waals surface area contributed by atoms with Gasteiger partial charge in [-0.05, 0) is 31.9 Å². The maximum absolute atomic E-state index is 3.80. The predicted molar refractivity (Wildman–Crippen MR) is 60.6 cm³/mol. The summed E-state index contributed by atoms with van der Waals surface area (Å²) in [6.07, 6.45) is 4.08. The topological polar surface area (TPSA) is 0 Å². The molecule has 0 heterocycles. The van der Waals surface area contributed by atoms with Crippen molar-refractivity contribution in [3.05, 3.63) is 47.0 Å². The van der Waals surface area contributed by atoms with Gasteiger partial charge in [0.2, 0.25) is 0 Å². The Bertz CT molecular complexity index is 339. The van der Waals surface area contributed by atoms with Crippen molar-refractivity contribution in [1.29, 1.82) is 0 Å². The quantitative estimate of drug-likeness (QED) is 0.631. The van der Waals surface area contributed by atoms with Crippen LogP contribution in [0.1, 0.15) is 30.5 Å². The molecule has 0 N–H and O–H groups in total. The number of hydrogen-bond acceptors (Lipinski definition) is 0. The van der Waals surface area contributed by atoms with Gasteiger partial charge in [-0.15, -0.1) is 0 Å². The lowest BCUT2D eigenvalue weighted by molar-refractivity contribution is 1.40. The van der Waals surface area contributed by atoms with Gasteiger partial charge in [0.15, 0.2) is 0 Å². The third-order valence-electron chi connectivity index (χ3n) is 1.91. The number of allylic oxidation sites excluding steroid dienone is 1. The van der Waals surface area contributed by atoms with Gasteiger partial charge in [-0.25, -0.2) is 0 Å². The molecule has 0 radical (unpaired) electrons. The summed E-state index contributed by atoms with van der Waals surface area (Å²) in [5, 5.41) is 0. The van der Waals surface area contributed by atoms with Crippen LogP contribution in [0, 0.1) is 6.92 Å². The SMILES string of the molecule is C=Cc1ccc(C)cc1C=C(C)C. The molecule has 68 valence electrons. The highest BCUT2D eigenvalue weighted by molar-refractivity contribution is 5.66. The first-order valence-electron chi connectivity index (χ1n) is 4.51. The molecular formula is C13H16. The lowest BCUT2D eigenvalue weighted by Crippen LogP contribution is -1.82. The van der Waals surface area contributed by atoms with Gasteiger partial charge in [0.25, 0.3) is 0 Å². The van der Waals surface area contributed by atoms with Crippen LogP contribution >= 0.6 is 0 Å². The number of aryl methyl sites for hydroxylation is 1. The van der Waals surface area contributed by atoms with Crippen molar-refractivity contribution >= 4 is 12.2 Å². The first kappa shape index (κ1) is 9.79. The first-order valence-corrected chi connectivity index (χ1v) is 4.51. The summed E-state index contributed by atoms with van der Waals surface area (Å²) in [5.74, 6) is 0. The summed E-state index contributed by atoms with van der Waals surface area (Å²) in [6.45, 7) is 10.1. The zero-order valence-corrected chi connectivity index (χ0v) is 8.59. The van der Waals surface area contributed by atoms with Gasteiger partial charge >= 0.3 is 0 Å². The number of benzene rings is 1. The normalized spacial score (nSPS) is 9.46. The van der Waals surface area contributed by atoms with Gasteiger partial charge in [-0.1, -0.05) is 48.1 Å². The molecule has 1 aromatic carbocycles. The van der Waals surface area contributed by atoms with Crippen LogP contribution in [0.5, 0.6) is 0 Å². The van der Waals surface area contributed by atoms with Crippen LogP contribution in [-0.4, -0.2) is 0 Å². The maximum atomic E-state index is 3.80. The molecule has 0 fully saturated rings. The molecule has 0 saturated heterocycles.